The van der Waals surface area contributed by atoms with Gasteiger partial charge in [0.25, 0.3) is 5.56 Å². The first-order valence-corrected chi connectivity index (χ1v) is 13.5. The highest BCUT2D eigenvalue weighted by molar-refractivity contribution is 5.93. The predicted octanol–water partition coefficient (Wildman–Crippen LogP) is 1.68. The van der Waals surface area contributed by atoms with Crippen LogP contribution < -0.4 is 21.5 Å². The van der Waals surface area contributed by atoms with Crippen LogP contribution >= 0.6 is 0 Å². The molecule has 6 heterocycles. The first-order valence-electron chi connectivity index (χ1n) is 13.5. The lowest BCUT2D eigenvalue weighted by Crippen LogP contribution is -2.40. The number of amides is 1. The van der Waals surface area contributed by atoms with Crippen molar-refractivity contribution in [1.82, 2.24) is 43.8 Å². The van der Waals surface area contributed by atoms with Crippen LogP contribution in [0.15, 0.2) is 51.3 Å². The molecule has 1 aliphatic rings. The van der Waals surface area contributed by atoms with E-state index in [1.165, 1.54) is 28.7 Å². The highest BCUT2D eigenvalue weighted by Crippen LogP contribution is 2.24. The zero-order valence-corrected chi connectivity index (χ0v) is 23.6. The van der Waals surface area contributed by atoms with Crippen molar-refractivity contribution < 1.29 is 9.32 Å². The van der Waals surface area contributed by atoms with Crippen molar-refractivity contribution in [3.8, 4) is 11.3 Å². The summed E-state index contributed by atoms with van der Waals surface area (Å²) in [4.78, 5) is 63.9. The summed E-state index contributed by atoms with van der Waals surface area (Å²) in [6, 6.07) is 1.17. The Kier molecular flexibility index (Phi) is 6.84. The second-order valence-corrected chi connectivity index (χ2v) is 10.4. The standard InChI is InChI=1S/C27H29N11O4/c1-15-6-5-7-36(15)26-29-9-18(10-30-26)20-11-28-12-21(32-20)33-24(39)17(3)38-14-31-23-22(38)25(40)37(27(41)35(23)4)13-19-8-16(2)42-34-19/h8-12,14-15,17H,5-7,13H2,1-4H3,(H,32,33,39)/t15-,17+/m1/s1. The Hall–Kier alpha value is -5.21. The van der Waals surface area contributed by atoms with Gasteiger partial charge in [0.15, 0.2) is 17.0 Å². The highest BCUT2D eigenvalue weighted by Gasteiger charge is 2.24. The normalized spacial score (nSPS) is 15.8. The van der Waals surface area contributed by atoms with Gasteiger partial charge in [-0.15, -0.1) is 0 Å². The van der Waals surface area contributed by atoms with Crippen molar-refractivity contribution in [3.63, 3.8) is 0 Å². The van der Waals surface area contributed by atoms with Gasteiger partial charge in [-0.05, 0) is 33.6 Å². The predicted molar refractivity (Wildman–Crippen MR) is 152 cm³/mol. The number of fused-ring (bicyclic) bond motifs is 1. The maximum atomic E-state index is 13.5. The lowest BCUT2D eigenvalue weighted by Gasteiger charge is -2.20. The van der Waals surface area contributed by atoms with E-state index < -0.39 is 23.2 Å². The molecule has 0 aliphatic carbocycles. The van der Waals surface area contributed by atoms with E-state index >= 15 is 0 Å². The lowest BCUT2D eigenvalue weighted by molar-refractivity contribution is -0.118. The molecule has 0 radical (unpaired) electrons. The van der Waals surface area contributed by atoms with Crippen LogP contribution in [0.1, 0.15) is 44.2 Å². The number of carbonyl (C=O) groups is 1. The van der Waals surface area contributed by atoms with E-state index in [2.05, 4.69) is 47.2 Å². The van der Waals surface area contributed by atoms with Gasteiger partial charge in [-0.2, -0.15) is 0 Å². The van der Waals surface area contributed by atoms with Gasteiger partial charge in [0.1, 0.15) is 17.5 Å². The van der Waals surface area contributed by atoms with Crippen LogP contribution in [-0.4, -0.2) is 62.3 Å². The Morgan fingerprint density at radius 1 is 1.17 bits per heavy atom. The first-order chi connectivity index (χ1) is 20.2. The number of hydrogen-bond donors (Lipinski definition) is 1. The Labute approximate surface area is 238 Å². The average Bonchev–Trinajstić information content (AvgIpc) is 3.74. The molecule has 42 heavy (non-hydrogen) atoms. The van der Waals surface area contributed by atoms with Crippen molar-refractivity contribution in [2.45, 2.75) is 52.2 Å². The summed E-state index contributed by atoms with van der Waals surface area (Å²) in [5, 5.41) is 6.64. The molecule has 5 aromatic heterocycles. The number of rotatable bonds is 7. The molecule has 0 bridgehead atoms. The molecule has 15 heteroatoms. The van der Waals surface area contributed by atoms with Gasteiger partial charge in [0.2, 0.25) is 11.9 Å². The molecule has 0 aromatic carbocycles. The zero-order valence-electron chi connectivity index (χ0n) is 23.6. The molecule has 216 valence electrons. The fourth-order valence-electron chi connectivity index (χ4n) is 5.13. The van der Waals surface area contributed by atoms with Crippen LogP contribution in [0.3, 0.4) is 0 Å². The molecule has 15 nitrogen and oxygen atoms in total. The van der Waals surface area contributed by atoms with Gasteiger partial charge in [0, 0.05) is 43.7 Å². The molecule has 1 amide bonds. The molecule has 1 fully saturated rings. The van der Waals surface area contributed by atoms with Gasteiger partial charge in [-0.1, -0.05) is 5.16 Å². The maximum absolute atomic E-state index is 13.5. The number of imidazole rings is 1. The molecular weight excluding hydrogens is 542 g/mol. The summed E-state index contributed by atoms with van der Waals surface area (Å²) in [5.41, 5.74) is 0.679. The second kappa shape index (κ2) is 10.6. The smallest absolute Gasteiger partial charge is 0.332 e. The summed E-state index contributed by atoms with van der Waals surface area (Å²) >= 11 is 0. The van der Waals surface area contributed by atoms with E-state index in [1.54, 1.807) is 38.5 Å². The van der Waals surface area contributed by atoms with Crippen molar-refractivity contribution in [2.75, 3.05) is 16.8 Å². The molecule has 0 saturated carbocycles. The third-order valence-electron chi connectivity index (χ3n) is 7.48. The molecule has 1 aliphatic heterocycles. The van der Waals surface area contributed by atoms with Crippen molar-refractivity contribution in [1.29, 1.82) is 0 Å². The average molecular weight is 572 g/mol. The lowest BCUT2D eigenvalue weighted by atomic mass is 10.2. The summed E-state index contributed by atoms with van der Waals surface area (Å²) in [7, 11) is 1.51. The molecule has 1 saturated heterocycles. The van der Waals surface area contributed by atoms with E-state index in [0.717, 1.165) is 24.0 Å². The Bertz CT molecular complexity index is 1900. The quantitative estimate of drug-likeness (QED) is 0.301. The fourth-order valence-corrected chi connectivity index (χ4v) is 5.13. The van der Waals surface area contributed by atoms with E-state index in [9.17, 15) is 14.4 Å². The maximum Gasteiger partial charge on any atom is 0.332 e. The van der Waals surface area contributed by atoms with E-state index in [0.29, 0.717) is 34.7 Å². The van der Waals surface area contributed by atoms with Gasteiger partial charge >= 0.3 is 5.69 Å². The van der Waals surface area contributed by atoms with Crippen LogP contribution in [-0.2, 0) is 18.4 Å². The molecule has 0 spiro atoms. The second-order valence-electron chi connectivity index (χ2n) is 10.4. The Morgan fingerprint density at radius 3 is 2.64 bits per heavy atom. The number of hydrogen-bond acceptors (Lipinski definition) is 11. The topological polar surface area (TPSA) is 172 Å². The van der Waals surface area contributed by atoms with Crippen LogP contribution in [0.5, 0.6) is 0 Å². The Morgan fingerprint density at radius 2 is 1.95 bits per heavy atom. The Balaban J connectivity index is 1.24. The minimum Gasteiger partial charge on any atom is -0.361 e. The highest BCUT2D eigenvalue weighted by atomic mass is 16.5. The SMILES string of the molecule is Cc1cc(Cn2c(=O)c3c(ncn3[C@@H](C)C(=O)Nc3cncc(-c4cnc(N5CCC[C@H]5C)nc4)n3)n(C)c2=O)no1. The summed E-state index contributed by atoms with van der Waals surface area (Å²) < 4.78 is 8.80. The summed E-state index contributed by atoms with van der Waals surface area (Å²) in [5.74, 6) is 0.995. The minimum absolute atomic E-state index is 0.0886. The summed E-state index contributed by atoms with van der Waals surface area (Å²) in [6.07, 6.45) is 9.98. The van der Waals surface area contributed by atoms with E-state index in [-0.39, 0.29) is 23.5 Å². The van der Waals surface area contributed by atoms with Crippen molar-refractivity contribution >= 4 is 28.8 Å². The number of aryl methyl sites for hydroxylation is 2. The van der Waals surface area contributed by atoms with Crippen LogP contribution in [0, 0.1) is 6.92 Å². The van der Waals surface area contributed by atoms with E-state index in [4.69, 9.17) is 4.52 Å². The molecule has 0 unspecified atom stereocenters. The van der Waals surface area contributed by atoms with Crippen LogP contribution in [0.25, 0.3) is 22.4 Å². The zero-order chi connectivity index (χ0) is 29.5. The van der Waals surface area contributed by atoms with Gasteiger partial charge in [0.05, 0.1) is 31.0 Å². The third-order valence-corrected chi connectivity index (χ3v) is 7.48. The summed E-state index contributed by atoms with van der Waals surface area (Å²) in [6.45, 7) is 6.34. The molecular formula is C27H29N11O4. The minimum atomic E-state index is -0.876. The van der Waals surface area contributed by atoms with Gasteiger partial charge in [-0.3, -0.25) is 23.7 Å². The molecule has 6 rings (SSSR count). The van der Waals surface area contributed by atoms with E-state index in [1.807, 2.05) is 0 Å². The number of carbonyl (C=O) groups excluding carboxylic acids is 1. The fraction of sp³-hybridized carbons (Fsp3) is 0.370. The molecule has 1 N–H and O–H groups in total. The number of aromatic nitrogens is 9. The van der Waals surface area contributed by atoms with Crippen LogP contribution in [0.2, 0.25) is 0 Å². The van der Waals surface area contributed by atoms with Crippen molar-refractivity contribution in [2.24, 2.45) is 7.05 Å². The third kappa shape index (κ3) is 4.82. The van der Waals surface area contributed by atoms with Gasteiger partial charge in [-0.25, -0.2) is 24.7 Å². The first kappa shape index (κ1) is 27.0. The largest absolute Gasteiger partial charge is 0.361 e. The van der Waals surface area contributed by atoms with Crippen molar-refractivity contribution in [3.05, 3.63) is 69.5 Å². The monoisotopic (exact) mass is 571 g/mol. The molecule has 2 atom stereocenters. The van der Waals surface area contributed by atoms with Crippen LogP contribution in [0.4, 0.5) is 11.8 Å². The number of anilines is 2. The molecule has 5 aromatic rings. The number of nitrogens with zero attached hydrogens (tertiary/aromatic N) is 10. The van der Waals surface area contributed by atoms with Gasteiger partial charge < -0.3 is 19.3 Å². The number of nitrogens with one attached hydrogen (secondary N) is 1.